The van der Waals surface area contributed by atoms with Crippen LogP contribution in [0.4, 0.5) is 5.00 Å². The smallest absolute Gasteiger partial charge is 0.341 e. The summed E-state index contributed by atoms with van der Waals surface area (Å²) in [5, 5.41) is 5.23. The Labute approximate surface area is 211 Å². The maximum atomic E-state index is 12.8. The average molecular weight is 496 g/mol. The highest BCUT2D eigenvalue weighted by molar-refractivity contribution is 7.15. The minimum atomic E-state index is -0.480. The number of hydrogen-bond acceptors (Lipinski definition) is 6. The number of hydrogen-bond donors (Lipinski definition) is 1. The number of thiophene rings is 1. The van der Waals surface area contributed by atoms with Crippen molar-refractivity contribution < 1.29 is 23.8 Å². The third-order valence-corrected chi connectivity index (χ3v) is 6.57. The standard InChI is InChI=1S/C28H33NO5S/c1-7-34-27(31)25-21(19-11-14-22(32-5)23(16-19)33-6)17-35-26(25)29-24(30)15-10-18-8-12-20(13-9-18)28(2,3)4/h8-9,11-14,16-17H,7,10,15H2,1-6H3,(H,29,30). The fraction of sp³-hybridized carbons (Fsp3) is 0.357. The zero-order valence-electron chi connectivity index (χ0n) is 21.2. The minimum absolute atomic E-state index is 0.0875. The molecule has 1 aromatic heterocycles. The van der Waals surface area contributed by atoms with Crippen molar-refractivity contribution in [3.8, 4) is 22.6 Å². The molecule has 0 aliphatic carbocycles. The first-order chi connectivity index (χ1) is 16.7. The Bertz CT molecular complexity index is 1180. The lowest BCUT2D eigenvalue weighted by Gasteiger charge is -2.19. The first-order valence-corrected chi connectivity index (χ1v) is 12.5. The van der Waals surface area contributed by atoms with E-state index in [-0.39, 0.29) is 17.9 Å². The molecule has 6 nitrogen and oxygen atoms in total. The van der Waals surface area contributed by atoms with Gasteiger partial charge in [0.05, 0.1) is 20.8 Å². The molecule has 1 N–H and O–H groups in total. The molecule has 186 valence electrons. The predicted octanol–water partition coefficient (Wildman–Crippen LogP) is 6.48. The lowest BCUT2D eigenvalue weighted by molar-refractivity contribution is -0.116. The summed E-state index contributed by atoms with van der Waals surface area (Å²) in [6.07, 6.45) is 0.916. The molecule has 0 atom stereocenters. The summed E-state index contributed by atoms with van der Waals surface area (Å²) in [5.74, 6) is 0.505. The van der Waals surface area contributed by atoms with Gasteiger partial charge in [0.15, 0.2) is 11.5 Å². The van der Waals surface area contributed by atoms with Crippen LogP contribution in [-0.2, 0) is 21.4 Å². The molecule has 3 aromatic rings. The zero-order chi connectivity index (χ0) is 25.6. The molecule has 0 aliphatic rings. The molecular formula is C28H33NO5S. The minimum Gasteiger partial charge on any atom is -0.493 e. The molecule has 0 bridgehead atoms. The van der Waals surface area contributed by atoms with Crippen LogP contribution < -0.4 is 14.8 Å². The Morgan fingerprint density at radius 1 is 0.971 bits per heavy atom. The quantitative estimate of drug-likeness (QED) is 0.344. The first kappa shape index (κ1) is 26.3. The van der Waals surface area contributed by atoms with Crippen LogP contribution in [0.2, 0.25) is 0 Å². The van der Waals surface area contributed by atoms with Crippen LogP contribution in [0.3, 0.4) is 0 Å². The van der Waals surface area contributed by atoms with Crippen molar-refractivity contribution in [2.24, 2.45) is 0 Å². The van der Waals surface area contributed by atoms with E-state index in [1.807, 2.05) is 11.4 Å². The van der Waals surface area contributed by atoms with Crippen molar-refractivity contribution in [3.05, 3.63) is 64.5 Å². The van der Waals surface area contributed by atoms with Gasteiger partial charge >= 0.3 is 5.97 Å². The van der Waals surface area contributed by atoms with E-state index in [1.165, 1.54) is 16.9 Å². The second-order valence-corrected chi connectivity index (χ2v) is 10.0. The molecule has 2 aromatic carbocycles. The van der Waals surface area contributed by atoms with Crippen molar-refractivity contribution >= 4 is 28.2 Å². The molecule has 0 unspecified atom stereocenters. The summed E-state index contributed by atoms with van der Waals surface area (Å²) >= 11 is 1.30. The predicted molar refractivity (Wildman–Crippen MR) is 141 cm³/mol. The van der Waals surface area contributed by atoms with E-state index in [0.717, 1.165) is 11.1 Å². The van der Waals surface area contributed by atoms with E-state index in [0.29, 0.717) is 40.5 Å². The number of rotatable bonds is 9. The largest absolute Gasteiger partial charge is 0.493 e. The first-order valence-electron chi connectivity index (χ1n) is 11.6. The van der Waals surface area contributed by atoms with Gasteiger partial charge in [-0.05, 0) is 47.6 Å². The number of ether oxygens (including phenoxy) is 3. The van der Waals surface area contributed by atoms with Gasteiger partial charge in [-0.15, -0.1) is 11.3 Å². The van der Waals surface area contributed by atoms with E-state index in [9.17, 15) is 9.59 Å². The van der Waals surface area contributed by atoms with Crippen LogP contribution in [0.25, 0.3) is 11.1 Å². The topological polar surface area (TPSA) is 73.9 Å². The fourth-order valence-corrected chi connectivity index (χ4v) is 4.66. The zero-order valence-corrected chi connectivity index (χ0v) is 22.0. The van der Waals surface area contributed by atoms with Gasteiger partial charge in [0.2, 0.25) is 5.91 Å². The Morgan fingerprint density at radius 2 is 1.66 bits per heavy atom. The van der Waals surface area contributed by atoms with Gasteiger partial charge in [-0.3, -0.25) is 4.79 Å². The van der Waals surface area contributed by atoms with Crippen LogP contribution in [0.15, 0.2) is 47.8 Å². The number of methoxy groups -OCH3 is 2. The molecule has 35 heavy (non-hydrogen) atoms. The molecule has 0 spiro atoms. The molecule has 3 rings (SSSR count). The van der Waals surface area contributed by atoms with Crippen molar-refractivity contribution in [1.29, 1.82) is 0 Å². The molecule has 0 saturated carbocycles. The Morgan fingerprint density at radius 3 is 2.26 bits per heavy atom. The monoisotopic (exact) mass is 495 g/mol. The van der Waals surface area contributed by atoms with Crippen LogP contribution in [0.5, 0.6) is 11.5 Å². The lowest BCUT2D eigenvalue weighted by Crippen LogP contribution is -2.15. The van der Waals surface area contributed by atoms with E-state index >= 15 is 0 Å². The van der Waals surface area contributed by atoms with Crippen LogP contribution >= 0.6 is 11.3 Å². The summed E-state index contributed by atoms with van der Waals surface area (Å²) in [4.78, 5) is 25.6. The number of carbonyl (C=O) groups is 2. The highest BCUT2D eigenvalue weighted by Crippen LogP contribution is 2.39. The fourth-order valence-electron chi connectivity index (χ4n) is 3.69. The van der Waals surface area contributed by atoms with Gasteiger partial charge < -0.3 is 19.5 Å². The second kappa shape index (κ2) is 11.4. The molecular weight excluding hydrogens is 462 g/mol. The summed E-state index contributed by atoms with van der Waals surface area (Å²) in [7, 11) is 3.13. The van der Waals surface area contributed by atoms with Gasteiger partial charge in [-0.1, -0.05) is 51.1 Å². The summed E-state index contributed by atoms with van der Waals surface area (Å²) in [5.41, 5.74) is 4.21. The molecule has 0 aliphatic heterocycles. The average Bonchev–Trinajstić information content (AvgIpc) is 3.25. The van der Waals surface area contributed by atoms with Crippen molar-refractivity contribution in [2.75, 3.05) is 26.1 Å². The third kappa shape index (κ3) is 6.42. The van der Waals surface area contributed by atoms with Gasteiger partial charge in [0.1, 0.15) is 10.6 Å². The SMILES string of the molecule is CCOC(=O)c1c(-c2ccc(OC)c(OC)c2)csc1NC(=O)CCc1ccc(C(C)(C)C)cc1. The summed E-state index contributed by atoms with van der Waals surface area (Å²) in [6, 6.07) is 13.8. The number of nitrogens with one attached hydrogen (secondary N) is 1. The molecule has 0 fully saturated rings. The molecule has 0 saturated heterocycles. The van der Waals surface area contributed by atoms with Crippen molar-refractivity contribution in [1.82, 2.24) is 0 Å². The second-order valence-electron chi connectivity index (χ2n) is 9.14. The number of amides is 1. The maximum Gasteiger partial charge on any atom is 0.341 e. The van der Waals surface area contributed by atoms with E-state index in [1.54, 1.807) is 33.3 Å². The maximum absolute atomic E-state index is 12.8. The summed E-state index contributed by atoms with van der Waals surface area (Å²) < 4.78 is 16.0. The number of aryl methyl sites for hydroxylation is 1. The van der Waals surface area contributed by atoms with Gasteiger partial charge in [0.25, 0.3) is 0 Å². The van der Waals surface area contributed by atoms with E-state index in [2.05, 4.69) is 50.4 Å². The van der Waals surface area contributed by atoms with Crippen molar-refractivity contribution in [2.45, 2.75) is 46.0 Å². The van der Waals surface area contributed by atoms with Crippen LogP contribution in [0, 0.1) is 0 Å². The van der Waals surface area contributed by atoms with Gasteiger partial charge in [0, 0.05) is 17.4 Å². The number of esters is 1. The van der Waals surface area contributed by atoms with Crippen molar-refractivity contribution in [3.63, 3.8) is 0 Å². The molecule has 0 radical (unpaired) electrons. The molecule has 7 heteroatoms. The normalized spacial score (nSPS) is 11.1. The number of anilines is 1. The molecule has 1 heterocycles. The number of benzene rings is 2. The molecule has 1 amide bonds. The lowest BCUT2D eigenvalue weighted by atomic mass is 9.86. The highest BCUT2D eigenvalue weighted by atomic mass is 32.1. The van der Waals surface area contributed by atoms with E-state index < -0.39 is 5.97 Å². The van der Waals surface area contributed by atoms with E-state index in [4.69, 9.17) is 14.2 Å². The Hall–Kier alpha value is -3.32. The number of carbonyl (C=O) groups excluding carboxylic acids is 2. The van der Waals surface area contributed by atoms with Crippen LogP contribution in [0.1, 0.15) is 55.6 Å². The Balaban J connectivity index is 1.80. The third-order valence-electron chi connectivity index (χ3n) is 5.68. The van der Waals surface area contributed by atoms with Crippen LogP contribution in [-0.4, -0.2) is 32.7 Å². The summed E-state index contributed by atoms with van der Waals surface area (Å²) in [6.45, 7) is 8.51. The highest BCUT2D eigenvalue weighted by Gasteiger charge is 2.23. The van der Waals surface area contributed by atoms with Gasteiger partial charge in [-0.2, -0.15) is 0 Å². The van der Waals surface area contributed by atoms with Gasteiger partial charge in [-0.25, -0.2) is 4.79 Å². The Kier molecular flexibility index (Phi) is 8.57.